The van der Waals surface area contributed by atoms with Gasteiger partial charge in [0.25, 0.3) is 0 Å². The van der Waals surface area contributed by atoms with Gasteiger partial charge in [0.1, 0.15) is 0 Å². The molecule has 0 aromatic carbocycles. The number of amides is 1. The molecule has 1 saturated heterocycles. The van der Waals surface area contributed by atoms with Crippen LogP contribution in [0.3, 0.4) is 0 Å². The zero-order chi connectivity index (χ0) is 16.3. The number of allylic oxidation sites excluding steroid dienone is 1. The maximum atomic E-state index is 12.1. The molecule has 0 radical (unpaired) electrons. The molecule has 6 heteroatoms. The Morgan fingerprint density at radius 2 is 2.14 bits per heavy atom. The molecule has 1 aromatic rings. The van der Waals surface area contributed by atoms with Crippen LogP contribution in [0.5, 0.6) is 0 Å². The first-order valence-electron chi connectivity index (χ1n) is 7.68. The van der Waals surface area contributed by atoms with E-state index in [1.807, 2.05) is 38.7 Å². The molecule has 6 nitrogen and oxygen atoms in total. The van der Waals surface area contributed by atoms with Crippen molar-refractivity contribution in [1.82, 2.24) is 19.6 Å². The van der Waals surface area contributed by atoms with Gasteiger partial charge in [0.2, 0.25) is 5.91 Å². The first-order valence-corrected chi connectivity index (χ1v) is 7.68. The fraction of sp³-hybridized carbons (Fsp3) is 0.625. The zero-order valence-corrected chi connectivity index (χ0v) is 13.9. The molecule has 1 unspecified atom stereocenters. The molecule has 0 saturated carbocycles. The van der Waals surface area contributed by atoms with E-state index in [1.54, 1.807) is 11.0 Å². The van der Waals surface area contributed by atoms with Crippen LogP contribution in [-0.4, -0.2) is 62.9 Å². The quantitative estimate of drug-likeness (QED) is 0.835. The second-order valence-electron chi connectivity index (χ2n) is 6.27. The molecule has 1 atom stereocenters. The van der Waals surface area contributed by atoms with Gasteiger partial charge in [-0.3, -0.25) is 14.4 Å². The molecule has 1 aromatic heterocycles. The minimum absolute atomic E-state index is 0.0153. The fourth-order valence-electron chi connectivity index (χ4n) is 2.68. The highest BCUT2D eigenvalue weighted by Crippen LogP contribution is 2.13. The number of rotatable bonds is 3. The average Bonchev–Trinajstić information content (AvgIpc) is 2.64. The van der Waals surface area contributed by atoms with Crippen molar-refractivity contribution in [2.24, 2.45) is 7.05 Å². The van der Waals surface area contributed by atoms with Crippen LogP contribution in [0.15, 0.2) is 17.8 Å². The molecule has 1 aliphatic rings. The lowest BCUT2D eigenvalue weighted by Gasteiger charge is -2.21. The second kappa shape index (κ2) is 7.07. The zero-order valence-electron chi connectivity index (χ0n) is 13.9. The smallest absolute Gasteiger partial charge is 0.246 e. The van der Waals surface area contributed by atoms with Gasteiger partial charge in [-0.05, 0) is 20.8 Å². The maximum absolute atomic E-state index is 12.1. The largest absolute Gasteiger partial charge is 0.390 e. The van der Waals surface area contributed by atoms with Crippen LogP contribution in [0, 0.1) is 6.92 Å². The molecule has 122 valence electrons. The molecule has 0 aliphatic carbocycles. The van der Waals surface area contributed by atoms with Crippen molar-refractivity contribution >= 4 is 5.91 Å². The highest BCUT2D eigenvalue weighted by Gasteiger charge is 2.24. The third-order valence-electron chi connectivity index (χ3n) is 4.04. The lowest BCUT2D eigenvalue weighted by Crippen LogP contribution is -2.36. The Kier molecular flexibility index (Phi) is 5.37. The lowest BCUT2D eigenvalue weighted by molar-refractivity contribution is -0.126. The van der Waals surface area contributed by atoms with Crippen LogP contribution in [0.4, 0.5) is 0 Å². The van der Waals surface area contributed by atoms with Gasteiger partial charge >= 0.3 is 0 Å². The first kappa shape index (κ1) is 16.7. The minimum atomic E-state index is -0.519. The number of hydrogen-bond acceptors (Lipinski definition) is 4. The van der Waals surface area contributed by atoms with Crippen molar-refractivity contribution < 1.29 is 9.90 Å². The molecule has 22 heavy (non-hydrogen) atoms. The number of hydrogen-bond donors (Lipinski definition) is 1. The number of β-amino-alcohol motifs (C(OH)–C–C–N with tert-alkyl or cyclic N) is 1. The van der Waals surface area contributed by atoms with E-state index < -0.39 is 6.10 Å². The van der Waals surface area contributed by atoms with Crippen molar-refractivity contribution in [3.05, 3.63) is 29.1 Å². The number of aromatic nitrogens is 2. The van der Waals surface area contributed by atoms with E-state index in [0.717, 1.165) is 24.4 Å². The topological polar surface area (TPSA) is 61.6 Å². The van der Waals surface area contributed by atoms with Gasteiger partial charge < -0.3 is 10.0 Å². The third kappa shape index (κ3) is 4.18. The number of carbonyl (C=O) groups is 1. The third-order valence-corrected chi connectivity index (χ3v) is 4.04. The number of aliphatic hydroxyl groups is 1. The molecule has 1 fully saturated rings. The summed E-state index contributed by atoms with van der Waals surface area (Å²) < 4.78 is 1.86. The van der Waals surface area contributed by atoms with Crippen LogP contribution in [0.1, 0.15) is 25.1 Å². The molecular weight excluding hydrogens is 280 g/mol. The molecule has 1 aliphatic heterocycles. The van der Waals surface area contributed by atoms with Gasteiger partial charge in [0.05, 0.1) is 12.3 Å². The predicted octanol–water partition coefficient (Wildman–Crippen LogP) is 0.700. The number of nitrogens with zero attached hydrogens (tertiary/aromatic N) is 4. The molecule has 2 rings (SSSR count). The number of aliphatic hydroxyl groups excluding tert-OH is 1. The normalized spacial score (nSPS) is 19.9. The Bertz CT molecular complexity index is 560. The molecule has 0 spiro atoms. The number of carbonyl (C=O) groups excluding carboxylic acids is 1. The van der Waals surface area contributed by atoms with E-state index in [1.165, 1.54) is 5.56 Å². The summed E-state index contributed by atoms with van der Waals surface area (Å²) in [4.78, 5) is 16.1. The van der Waals surface area contributed by atoms with E-state index in [2.05, 4.69) is 10.00 Å². The maximum Gasteiger partial charge on any atom is 0.246 e. The Morgan fingerprint density at radius 1 is 1.41 bits per heavy atom. The summed E-state index contributed by atoms with van der Waals surface area (Å²) in [7, 11) is 1.93. The standard InChI is InChI=1S/C16H26N4O2/c1-12(2)7-16(22)20-6-5-19(10-15(21)11-20)9-14-8-17-18(4)13(14)3/h7-8,15,21H,5-6,9-11H2,1-4H3. The highest BCUT2D eigenvalue weighted by molar-refractivity contribution is 5.88. The van der Waals surface area contributed by atoms with Crippen LogP contribution >= 0.6 is 0 Å². The van der Waals surface area contributed by atoms with E-state index >= 15 is 0 Å². The van der Waals surface area contributed by atoms with Crippen molar-refractivity contribution in [3.63, 3.8) is 0 Å². The van der Waals surface area contributed by atoms with Crippen LogP contribution in [-0.2, 0) is 18.4 Å². The van der Waals surface area contributed by atoms with Gasteiger partial charge in [-0.2, -0.15) is 5.10 Å². The molecule has 2 heterocycles. The molecule has 1 N–H and O–H groups in total. The summed E-state index contributed by atoms with van der Waals surface area (Å²) >= 11 is 0. The Hall–Kier alpha value is -1.66. The summed E-state index contributed by atoms with van der Waals surface area (Å²) in [5.41, 5.74) is 3.28. The lowest BCUT2D eigenvalue weighted by atomic mass is 10.2. The van der Waals surface area contributed by atoms with Gasteiger partial charge in [-0.25, -0.2) is 0 Å². The SMILES string of the molecule is CC(C)=CC(=O)N1CCN(Cc2cnn(C)c2C)CC(O)C1. The molecule has 1 amide bonds. The van der Waals surface area contributed by atoms with E-state index in [0.29, 0.717) is 19.6 Å². The van der Waals surface area contributed by atoms with Crippen LogP contribution in [0.25, 0.3) is 0 Å². The van der Waals surface area contributed by atoms with Crippen molar-refractivity contribution in [2.75, 3.05) is 26.2 Å². The molecule has 0 bridgehead atoms. The van der Waals surface area contributed by atoms with Gasteiger partial charge in [-0.1, -0.05) is 5.57 Å². The van der Waals surface area contributed by atoms with E-state index in [-0.39, 0.29) is 5.91 Å². The van der Waals surface area contributed by atoms with Gasteiger partial charge in [0, 0.05) is 57.1 Å². The Labute approximate surface area is 132 Å². The number of aryl methyl sites for hydroxylation is 1. The summed E-state index contributed by atoms with van der Waals surface area (Å²) in [5, 5.41) is 14.4. The van der Waals surface area contributed by atoms with E-state index in [4.69, 9.17) is 0 Å². The highest BCUT2D eigenvalue weighted by atomic mass is 16.3. The van der Waals surface area contributed by atoms with Crippen LogP contribution < -0.4 is 0 Å². The average molecular weight is 306 g/mol. The Morgan fingerprint density at radius 3 is 2.73 bits per heavy atom. The molecular formula is C16H26N4O2. The van der Waals surface area contributed by atoms with E-state index in [9.17, 15) is 9.90 Å². The summed E-state index contributed by atoms with van der Waals surface area (Å²) in [5.74, 6) is -0.0153. The van der Waals surface area contributed by atoms with Gasteiger partial charge in [0.15, 0.2) is 0 Å². The predicted molar refractivity (Wildman–Crippen MR) is 85.2 cm³/mol. The van der Waals surface area contributed by atoms with Crippen molar-refractivity contribution in [1.29, 1.82) is 0 Å². The van der Waals surface area contributed by atoms with Crippen molar-refractivity contribution in [2.45, 2.75) is 33.4 Å². The summed E-state index contributed by atoms with van der Waals surface area (Å²) in [6.07, 6.45) is 2.99. The van der Waals surface area contributed by atoms with Crippen molar-refractivity contribution in [3.8, 4) is 0 Å². The fourth-order valence-corrected chi connectivity index (χ4v) is 2.68. The van der Waals surface area contributed by atoms with Crippen LogP contribution in [0.2, 0.25) is 0 Å². The monoisotopic (exact) mass is 306 g/mol. The summed E-state index contributed by atoms with van der Waals surface area (Å²) in [6.45, 7) is 8.97. The van der Waals surface area contributed by atoms with Gasteiger partial charge in [-0.15, -0.1) is 0 Å². The second-order valence-corrected chi connectivity index (χ2v) is 6.27. The summed E-state index contributed by atoms with van der Waals surface area (Å²) in [6, 6.07) is 0. The minimum Gasteiger partial charge on any atom is -0.390 e. The Balaban J connectivity index is 2.01. The first-order chi connectivity index (χ1) is 10.4.